The molecule has 0 saturated heterocycles. The average Bonchev–Trinajstić information content (AvgIpc) is 2.15. The largest absolute Gasteiger partial charge is 0.293 e. The van der Waals surface area contributed by atoms with Crippen LogP contribution in [0.3, 0.4) is 0 Å². The number of para-hydroxylation sites is 1. The predicted molar refractivity (Wildman–Crippen MR) is 55.4 cm³/mol. The molecule has 0 radical (unpaired) electrons. The van der Waals surface area contributed by atoms with Gasteiger partial charge in [0.1, 0.15) is 9.85 Å². The SMILES string of the molecule is N#CC(Br)c1cccc(Cl)c1[N+](=O)[O-]. The van der Waals surface area contributed by atoms with Gasteiger partial charge in [-0.25, -0.2) is 0 Å². The number of nitro groups is 1. The molecule has 4 nitrogen and oxygen atoms in total. The van der Waals surface area contributed by atoms with Crippen molar-refractivity contribution in [1.82, 2.24) is 0 Å². The van der Waals surface area contributed by atoms with Crippen LogP contribution in [-0.2, 0) is 0 Å². The van der Waals surface area contributed by atoms with E-state index in [9.17, 15) is 10.1 Å². The molecule has 0 amide bonds. The van der Waals surface area contributed by atoms with E-state index >= 15 is 0 Å². The van der Waals surface area contributed by atoms with E-state index in [4.69, 9.17) is 16.9 Å². The molecule has 0 spiro atoms. The standard InChI is InChI=1S/C8H4BrClN2O2/c9-6(4-11)5-2-1-3-7(10)8(5)12(13)14/h1-3,6H. The van der Waals surface area contributed by atoms with Crippen LogP contribution in [0.2, 0.25) is 5.02 Å². The zero-order valence-electron chi connectivity index (χ0n) is 6.78. The molecule has 0 saturated carbocycles. The van der Waals surface area contributed by atoms with Crippen LogP contribution in [0, 0.1) is 21.4 Å². The Labute approximate surface area is 93.4 Å². The van der Waals surface area contributed by atoms with Gasteiger partial charge in [0.25, 0.3) is 5.69 Å². The van der Waals surface area contributed by atoms with Gasteiger partial charge in [0.15, 0.2) is 0 Å². The van der Waals surface area contributed by atoms with E-state index in [1.165, 1.54) is 12.1 Å². The topological polar surface area (TPSA) is 66.9 Å². The molecule has 1 aromatic carbocycles. The van der Waals surface area contributed by atoms with Crippen molar-refractivity contribution in [2.75, 3.05) is 0 Å². The first-order chi connectivity index (χ1) is 6.57. The summed E-state index contributed by atoms with van der Waals surface area (Å²) in [5, 5.41) is 19.3. The van der Waals surface area contributed by atoms with Gasteiger partial charge in [-0.1, -0.05) is 33.6 Å². The minimum Gasteiger partial charge on any atom is -0.258 e. The number of nitrogens with zero attached hydrogens (tertiary/aromatic N) is 2. The lowest BCUT2D eigenvalue weighted by Crippen LogP contribution is -1.97. The van der Waals surface area contributed by atoms with E-state index in [0.717, 1.165) is 0 Å². The van der Waals surface area contributed by atoms with Crippen molar-refractivity contribution >= 4 is 33.2 Å². The number of nitriles is 1. The Kier molecular flexibility index (Phi) is 3.44. The van der Waals surface area contributed by atoms with Gasteiger partial charge in [-0.15, -0.1) is 0 Å². The Morgan fingerprint density at radius 3 is 2.79 bits per heavy atom. The maximum absolute atomic E-state index is 10.7. The number of rotatable bonds is 2. The molecule has 0 aliphatic rings. The molecular weight excluding hydrogens is 271 g/mol. The van der Waals surface area contributed by atoms with E-state index in [1.807, 2.05) is 6.07 Å². The normalized spacial score (nSPS) is 11.8. The Morgan fingerprint density at radius 1 is 1.64 bits per heavy atom. The van der Waals surface area contributed by atoms with Crippen LogP contribution in [-0.4, -0.2) is 4.92 Å². The third kappa shape index (κ3) is 2.03. The summed E-state index contributed by atoms with van der Waals surface area (Å²) in [7, 11) is 0. The zero-order valence-corrected chi connectivity index (χ0v) is 9.12. The van der Waals surface area contributed by atoms with Gasteiger partial charge < -0.3 is 0 Å². The molecule has 1 unspecified atom stereocenters. The van der Waals surface area contributed by atoms with Crippen molar-refractivity contribution in [2.45, 2.75) is 4.83 Å². The van der Waals surface area contributed by atoms with Crippen molar-refractivity contribution in [3.8, 4) is 6.07 Å². The lowest BCUT2D eigenvalue weighted by Gasteiger charge is -2.03. The second-order valence-corrected chi connectivity index (χ2v) is 3.75. The number of hydrogen-bond donors (Lipinski definition) is 0. The lowest BCUT2D eigenvalue weighted by atomic mass is 10.1. The summed E-state index contributed by atoms with van der Waals surface area (Å²) in [5.74, 6) is 0. The minimum atomic E-state index is -0.721. The van der Waals surface area contributed by atoms with E-state index in [1.54, 1.807) is 6.07 Å². The fraction of sp³-hybridized carbons (Fsp3) is 0.125. The summed E-state index contributed by atoms with van der Waals surface area (Å²) >= 11 is 8.67. The molecule has 1 aromatic rings. The molecule has 14 heavy (non-hydrogen) atoms. The number of hydrogen-bond acceptors (Lipinski definition) is 3. The molecular formula is C8H4BrClN2O2. The molecule has 72 valence electrons. The molecule has 0 N–H and O–H groups in total. The smallest absolute Gasteiger partial charge is 0.258 e. The first-order valence-electron chi connectivity index (χ1n) is 3.54. The Balaban J connectivity index is 3.37. The molecule has 0 fully saturated rings. The van der Waals surface area contributed by atoms with Crippen LogP contribution in [0.25, 0.3) is 0 Å². The van der Waals surface area contributed by atoms with E-state index < -0.39 is 9.75 Å². The highest BCUT2D eigenvalue weighted by Gasteiger charge is 2.22. The van der Waals surface area contributed by atoms with Crippen LogP contribution in [0.4, 0.5) is 5.69 Å². The van der Waals surface area contributed by atoms with Gasteiger partial charge >= 0.3 is 0 Å². The Morgan fingerprint density at radius 2 is 2.29 bits per heavy atom. The van der Waals surface area contributed by atoms with Gasteiger partial charge in [-0.3, -0.25) is 10.1 Å². The molecule has 1 atom stereocenters. The maximum Gasteiger partial charge on any atom is 0.293 e. The number of benzene rings is 1. The molecule has 0 aromatic heterocycles. The summed E-state index contributed by atoms with van der Waals surface area (Å²) in [5.41, 5.74) is 0.0441. The first kappa shape index (κ1) is 11.0. The third-order valence-corrected chi connectivity index (χ3v) is 2.59. The van der Waals surface area contributed by atoms with Crippen LogP contribution in [0.1, 0.15) is 10.4 Å². The summed E-state index contributed by atoms with van der Waals surface area (Å²) in [6, 6.07) is 6.33. The van der Waals surface area contributed by atoms with Gasteiger partial charge in [-0.2, -0.15) is 5.26 Å². The summed E-state index contributed by atoms with van der Waals surface area (Å²) in [4.78, 5) is 9.34. The van der Waals surface area contributed by atoms with Gasteiger partial charge in [0.05, 0.1) is 16.6 Å². The van der Waals surface area contributed by atoms with Crippen molar-refractivity contribution in [3.05, 3.63) is 38.9 Å². The van der Waals surface area contributed by atoms with E-state index in [0.29, 0.717) is 0 Å². The maximum atomic E-state index is 10.7. The highest BCUT2D eigenvalue weighted by molar-refractivity contribution is 9.09. The van der Waals surface area contributed by atoms with Crippen LogP contribution in [0.5, 0.6) is 0 Å². The van der Waals surface area contributed by atoms with Crippen molar-refractivity contribution in [1.29, 1.82) is 5.26 Å². The number of alkyl halides is 1. The highest BCUT2D eigenvalue weighted by Crippen LogP contribution is 2.35. The van der Waals surface area contributed by atoms with Gasteiger partial charge in [0, 0.05) is 0 Å². The van der Waals surface area contributed by atoms with Crippen LogP contribution < -0.4 is 0 Å². The van der Waals surface area contributed by atoms with E-state index in [-0.39, 0.29) is 16.3 Å². The third-order valence-electron chi connectivity index (χ3n) is 1.59. The molecule has 0 aliphatic carbocycles. The van der Waals surface area contributed by atoms with Gasteiger partial charge in [0.2, 0.25) is 0 Å². The molecule has 6 heteroatoms. The summed E-state index contributed by atoms with van der Waals surface area (Å²) < 4.78 is 0. The predicted octanol–water partition coefficient (Wildman–Crippen LogP) is 3.21. The number of nitro benzene ring substituents is 1. The second-order valence-electron chi connectivity index (χ2n) is 2.43. The molecule has 0 bridgehead atoms. The van der Waals surface area contributed by atoms with Crippen LogP contribution in [0.15, 0.2) is 18.2 Å². The quantitative estimate of drug-likeness (QED) is 0.473. The second kappa shape index (κ2) is 4.40. The van der Waals surface area contributed by atoms with Gasteiger partial charge in [-0.05, 0) is 12.1 Å². The summed E-state index contributed by atoms with van der Waals surface area (Å²) in [6.07, 6.45) is 0. The average molecular weight is 275 g/mol. The Bertz CT molecular complexity index is 416. The lowest BCUT2D eigenvalue weighted by molar-refractivity contribution is -0.385. The molecule has 0 heterocycles. The monoisotopic (exact) mass is 274 g/mol. The molecule has 0 aliphatic heterocycles. The highest BCUT2D eigenvalue weighted by atomic mass is 79.9. The van der Waals surface area contributed by atoms with Crippen molar-refractivity contribution in [3.63, 3.8) is 0 Å². The fourth-order valence-corrected chi connectivity index (χ4v) is 1.62. The number of halogens is 2. The molecule has 1 rings (SSSR count). The van der Waals surface area contributed by atoms with Crippen molar-refractivity contribution in [2.24, 2.45) is 0 Å². The first-order valence-corrected chi connectivity index (χ1v) is 4.83. The minimum absolute atomic E-state index is 0.0344. The summed E-state index contributed by atoms with van der Waals surface area (Å²) in [6.45, 7) is 0. The van der Waals surface area contributed by atoms with Crippen molar-refractivity contribution < 1.29 is 4.92 Å². The van der Waals surface area contributed by atoms with E-state index in [2.05, 4.69) is 15.9 Å². The van der Waals surface area contributed by atoms with Crippen LogP contribution >= 0.6 is 27.5 Å². The fourth-order valence-electron chi connectivity index (χ4n) is 0.999. The Hall–Kier alpha value is -1.12. The zero-order chi connectivity index (χ0) is 10.7.